The number of carbonyl (C=O) groups is 1. The van der Waals surface area contributed by atoms with Crippen LogP contribution in [0.5, 0.6) is 5.75 Å². The molecule has 1 amide bonds. The number of azide groups is 1. The molecule has 0 aromatic heterocycles. The average Bonchev–Trinajstić information content (AvgIpc) is 3.49. The summed E-state index contributed by atoms with van der Waals surface area (Å²) in [7, 11) is 0. The second-order valence-electron chi connectivity index (χ2n) is 11.2. The molecule has 0 aliphatic carbocycles. The Labute approximate surface area is 298 Å². The van der Waals surface area contributed by atoms with E-state index in [9.17, 15) is 9.18 Å². The van der Waals surface area contributed by atoms with Gasteiger partial charge in [0.1, 0.15) is 11.6 Å². The summed E-state index contributed by atoms with van der Waals surface area (Å²) in [6.45, 7) is 0.816. The zero-order valence-corrected chi connectivity index (χ0v) is 28.7. The van der Waals surface area contributed by atoms with Crippen molar-refractivity contribution in [3.05, 3.63) is 145 Å². The maximum atomic E-state index is 14.6. The number of aliphatic imine (C=N–C) groups is 1. The normalized spacial score (nSPS) is 16.7. The third kappa shape index (κ3) is 9.26. The van der Waals surface area contributed by atoms with Gasteiger partial charge in [-0.25, -0.2) is 9.38 Å². The highest BCUT2D eigenvalue weighted by atomic mass is 35.5. The Morgan fingerprint density at radius 1 is 1.08 bits per heavy atom. The van der Waals surface area contributed by atoms with Gasteiger partial charge in [0.15, 0.2) is 11.6 Å². The molecule has 0 spiro atoms. The molecule has 0 radical (unpaired) electrons. The van der Waals surface area contributed by atoms with Crippen molar-refractivity contribution in [3.63, 3.8) is 0 Å². The van der Waals surface area contributed by atoms with E-state index in [-0.39, 0.29) is 37.2 Å². The Bertz CT molecular complexity index is 1820. The smallest absolute Gasteiger partial charge is 0.252 e. The van der Waals surface area contributed by atoms with E-state index in [1.54, 1.807) is 66.4 Å². The van der Waals surface area contributed by atoms with Crippen molar-refractivity contribution in [1.29, 1.82) is 0 Å². The van der Waals surface area contributed by atoms with Crippen LogP contribution in [0.2, 0.25) is 10.0 Å². The Morgan fingerprint density at radius 2 is 1.84 bits per heavy atom. The first-order valence-corrected chi connectivity index (χ1v) is 17.5. The lowest BCUT2D eigenvalue weighted by atomic mass is 9.81. The Morgan fingerprint density at radius 3 is 2.55 bits per heavy atom. The summed E-state index contributed by atoms with van der Waals surface area (Å²) in [6.07, 6.45) is -0.342. The van der Waals surface area contributed by atoms with E-state index in [1.807, 2.05) is 24.3 Å². The quantitative estimate of drug-likeness (QED) is 0.0521. The third-order valence-electron chi connectivity index (χ3n) is 7.87. The standard InChI is InChI=1S/C36H34Cl2FN5O4S/c37-28-10-15-31(32(38)20-28)33-36(21-26-4-1-2-5-27(26)22-42-44-40,35(46)41-16-19-49-23-24-6-11-29(39)12-7-24)43-34(48-33)25-8-13-30(14-9-25)47-18-3-17-45/h1-2,4-15,20,33,45H,3,16-19,21-23H2,(H,41,46)/t33-,36-/m1/s1. The molecule has 1 aliphatic rings. The van der Waals surface area contributed by atoms with E-state index in [2.05, 4.69) is 15.3 Å². The maximum absolute atomic E-state index is 14.6. The lowest BCUT2D eigenvalue weighted by Crippen LogP contribution is -2.50. The fourth-order valence-corrected chi connectivity index (χ4v) is 6.74. The van der Waals surface area contributed by atoms with Gasteiger partial charge in [-0.15, -0.1) is 0 Å². The van der Waals surface area contributed by atoms with E-state index >= 15 is 0 Å². The summed E-state index contributed by atoms with van der Waals surface area (Å²) < 4.78 is 25.6. The minimum absolute atomic E-state index is 0.0282. The van der Waals surface area contributed by atoms with Gasteiger partial charge < -0.3 is 19.9 Å². The Hall–Kier alpha value is -4.25. The van der Waals surface area contributed by atoms with Gasteiger partial charge in [0.25, 0.3) is 5.91 Å². The second kappa shape index (κ2) is 17.4. The number of nitrogens with zero attached hydrogens (tertiary/aromatic N) is 4. The number of nitrogens with one attached hydrogen (secondary N) is 1. The van der Waals surface area contributed by atoms with Crippen molar-refractivity contribution in [2.24, 2.45) is 10.1 Å². The average molecular weight is 723 g/mol. The predicted molar refractivity (Wildman–Crippen MR) is 192 cm³/mol. The lowest BCUT2D eigenvalue weighted by molar-refractivity contribution is -0.128. The number of aliphatic hydroxyl groups excluding tert-OH is 1. The molecule has 0 saturated carbocycles. The topological polar surface area (TPSA) is 129 Å². The molecule has 49 heavy (non-hydrogen) atoms. The van der Waals surface area contributed by atoms with Crippen molar-refractivity contribution in [2.45, 2.75) is 36.8 Å². The van der Waals surface area contributed by atoms with Crippen LogP contribution in [-0.2, 0) is 28.2 Å². The molecular formula is C36H34Cl2FN5O4S. The van der Waals surface area contributed by atoms with Crippen molar-refractivity contribution >= 4 is 46.8 Å². The van der Waals surface area contributed by atoms with Gasteiger partial charge in [-0.05, 0) is 70.8 Å². The summed E-state index contributed by atoms with van der Waals surface area (Å²) in [5.41, 5.74) is 11.1. The molecule has 9 nitrogen and oxygen atoms in total. The van der Waals surface area contributed by atoms with Crippen LogP contribution in [0.3, 0.4) is 0 Å². The highest BCUT2D eigenvalue weighted by Gasteiger charge is 2.54. The zero-order chi connectivity index (χ0) is 34.6. The molecule has 4 aromatic carbocycles. The lowest BCUT2D eigenvalue weighted by Gasteiger charge is -2.32. The number of thioether (sulfide) groups is 1. The molecular weight excluding hydrogens is 688 g/mol. The molecule has 5 rings (SSSR count). The minimum atomic E-state index is -1.53. The summed E-state index contributed by atoms with van der Waals surface area (Å²) in [5, 5.41) is 16.7. The summed E-state index contributed by atoms with van der Waals surface area (Å²) in [5.74, 6) is 1.44. The molecule has 0 fully saturated rings. The van der Waals surface area contributed by atoms with E-state index in [4.69, 9.17) is 48.3 Å². The van der Waals surface area contributed by atoms with Crippen LogP contribution < -0.4 is 10.1 Å². The van der Waals surface area contributed by atoms with E-state index in [0.717, 1.165) is 16.7 Å². The summed E-state index contributed by atoms with van der Waals surface area (Å²) >= 11 is 14.6. The van der Waals surface area contributed by atoms with E-state index < -0.39 is 11.6 Å². The third-order valence-corrected chi connectivity index (χ3v) is 9.46. The van der Waals surface area contributed by atoms with Gasteiger partial charge in [0.2, 0.25) is 5.90 Å². The molecule has 1 heterocycles. The van der Waals surface area contributed by atoms with Crippen molar-refractivity contribution < 1.29 is 23.8 Å². The fourth-order valence-electron chi connectivity index (χ4n) is 5.42. The molecule has 2 atom stereocenters. The minimum Gasteiger partial charge on any atom is -0.494 e. The highest BCUT2D eigenvalue weighted by Crippen LogP contribution is 2.45. The molecule has 1 aliphatic heterocycles. The monoisotopic (exact) mass is 721 g/mol. The largest absolute Gasteiger partial charge is 0.494 e. The summed E-state index contributed by atoms with van der Waals surface area (Å²) in [6, 6.07) is 25.9. The summed E-state index contributed by atoms with van der Waals surface area (Å²) in [4.78, 5) is 22.6. The van der Waals surface area contributed by atoms with Gasteiger partial charge in [-0.3, -0.25) is 4.79 Å². The maximum Gasteiger partial charge on any atom is 0.252 e. The van der Waals surface area contributed by atoms with Crippen LogP contribution in [0, 0.1) is 5.82 Å². The molecule has 13 heteroatoms. The molecule has 0 saturated heterocycles. The number of hydrogen-bond acceptors (Lipinski definition) is 7. The van der Waals surface area contributed by atoms with Crippen LogP contribution in [-0.4, -0.2) is 48.0 Å². The van der Waals surface area contributed by atoms with Crippen LogP contribution in [0.1, 0.15) is 40.3 Å². The van der Waals surface area contributed by atoms with Crippen LogP contribution in [0.15, 0.2) is 101 Å². The molecule has 254 valence electrons. The van der Waals surface area contributed by atoms with Crippen molar-refractivity contribution in [3.8, 4) is 5.75 Å². The van der Waals surface area contributed by atoms with Gasteiger partial charge in [-0.1, -0.05) is 70.8 Å². The fraction of sp³-hybridized carbons (Fsp3) is 0.278. The van der Waals surface area contributed by atoms with Gasteiger partial charge >= 0.3 is 0 Å². The van der Waals surface area contributed by atoms with Crippen LogP contribution >= 0.6 is 35.0 Å². The number of benzene rings is 4. The molecule has 0 unspecified atom stereocenters. The number of carbonyl (C=O) groups excluding carboxylic acids is 1. The second-order valence-corrected chi connectivity index (χ2v) is 13.2. The van der Waals surface area contributed by atoms with E-state index in [1.165, 1.54) is 12.1 Å². The molecule has 0 bridgehead atoms. The number of rotatable bonds is 16. The first kappa shape index (κ1) is 36.0. The number of aliphatic hydroxyl groups is 1. The van der Waals surface area contributed by atoms with Gasteiger partial charge in [0, 0.05) is 63.6 Å². The van der Waals surface area contributed by atoms with Crippen LogP contribution in [0.4, 0.5) is 4.39 Å². The Kier molecular flexibility index (Phi) is 12.8. The highest BCUT2D eigenvalue weighted by molar-refractivity contribution is 7.98. The first-order valence-electron chi connectivity index (χ1n) is 15.6. The number of halogens is 3. The van der Waals surface area contributed by atoms with Gasteiger partial charge in [-0.2, -0.15) is 11.8 Å². The first-order chi connectivity index (χ1) is 23.8. The predicted octanol–water partition coefficient (Wildman–Crippen LogP) is 8.25. The van der Waals surface area contributed by atoms with Crippen LogP contribution in [0.25, 0.3) is 10.4 Å². The van der Waals surface area contributed by atoms with Gasteiger partial charge in [0.05, 0.1) is 13.2 Å². The Balaban J connectivity index is 1.50. The van der Waals surface area contributed by atoms with Crippen molar-refractivity contribution in [1.82, 2.24) is 5.32 Å². The van der Waals surface area contributed by atoms with Crippen molar-refractivity contribution in [2.75, 3.05) is 25.5 Å². The number of ether oxygens (including phenoxy) is 2. The van der Waals surface area contributed by atoms with E-state index in [0.29, 0.717) is 58.0 Å². The molecule has 2 N–H and O–H groups in total. The molecule has 4 aromatic rings. The number of hydrogen-bond donors (Lipinski definition) is 2. The number of amides is 1. The SMILES string of the molecule is [N-]=[N+]=NCc1ccccc1C[C@@]1(C(=O)NCCSCc2ccc(F)cc2)N=C(c2ccc(OCCCO)cc2)O[C@@H]1c1ccc(Cl)cc1Cl. The zero-order valence-electron chi connectivity index (χ0n) is 26.4.